The van der Waals surface area contributed by atoms with Crippen molar-refractivity contribution in [3.63, 3.8) is 0 Å². The van der Waals surface area contributed by atoms with Crippen LogP contribution in [0.15, 0.2) is 30.3 Å². The Morgan fingerprint density at radius 1 is 1.00 bits per heavy atom. The molecule has 0 aromatic heterocycles. The summed E-state index contributed by atoms with van der Waals surface area (Å²) in [5.74, 6) is -2.54. The summed E-state index contributed by atoms with van der Waals surface area (Å²) in [6.45, 7) is 3.69. The van der Waals surface area contributed by atoms with Gasteiger partial charge in [0.05, 0.1) is 12.1 Å². The minimum absolute atomic E-state index is 0.138. The highest BCUT2D eigenvalue weighted by Gasteiger charge is 2.36. The van der Waals surface area contributed by atoms with Gasteiger partial charge in [-0.2, -0.15) is 0 Å². The summed E-state index contributed by atoms with van der Waals surface area (Å²) in [4.78, 5) is 62.4. The number of hydrogen-bond donors (Lipinski definition) is 0. The molecular weight excluding hydrogens is 420 g/mol. The fourth-order valence-corrected chi connectivity index (χ4v) is 3.46. The summed E-state index contributed by atoms with van der Waals surface area (Å²) in [5, 5.41) is 0. The zero-order valence-corrected chi connectivity index (χ0v) is 18.4. The van der Waals surface area contributed by atoms with Gasteiger partial charge in [-0.15, -0.1) is 0 Å². The molecule has 1 heterocycles. The van der Waals surface area contributed by atoms with Crippen molar-refractivity contribution in [3.05, 3.63) is 35.9 Å². The summed E-state index contributed by atoms with van der Waals surface area (Å²) >= 11 is 0. The topological polar surface area (TPSA) is 120 Å². The van der Waals surface area contributed by atoms with Gasteiger partial charge in [0, 0.05) is 32.5 Å². The molecule has 0 saturated carbocycles. The maximum atomic E-state index is 12.8. The van der Waals surface area contributed by atoms with Crippen molar-refractivity contribution < 1.29 is 38.2 Å². The number of esters is 3. The molecule has 0 unspecified atom stereocenters. The molecule has 2 amide bonds. The standard InChI is InChI=1S/C22H28N2O8/c1-15(12-32-21(28)14-31-17(3)26)24(20(27)13-30-16(2)25)19-9-10-23(11-19)22(29)18-7-5-4-6-8-18/h4-8,15,19H,9-14H2,1-3H3/t15-,19+/m0/s1. The first-order chi connectivity index (χ1) is 15.2. The van der Waals surface area contributed by atoms with Gasteiger partial charge in [-0.3, -0.25) is 19.2 Å². The van der Waals surface area contributed by atoms with Crippen LogP contribution in [-0.4, -0.2) is 84.5 Å². The van der Waals surface area contributed by atoms with Crippen molar-refractivity contribution in [1.29, 1.82) is 0 Å². The summed E-state index contributed by atoms with van der Waals surface area (Å²) < 4.78 is 14.6. The highest BCUT2D eigenvalue weighted by molar-refractivity contribution is 5.94. The monoisotopic (exact) mass is 448 g/mol. The predicted octanol–water partition coefficient (Wildman–Crippen LogP) is 0.788. The molecule has 10 heteroatoms. The Balaban J connectivity index is 2.05. The molecule has 1 aromatic rings. The molecule has 1 aromatic carbocycles. The van der Waals surface area contributed by atoms with Crippen molar-refractivity contribution in [3.8, 4) is 0 Å². The van der Waals surface area contributed by atoms with Crippen LogP contribution in [0, 0.1) is 0 Å². The van der Waals surface area contributed by atoms with E-state index in [-0.39, 0.29) is 18.6 Å². The number of ether oxygens (including phenoxy) is 3. The van der Waals surface area contributed by atoms with Gasteiger partial charge in [0.25, 0.3) is 11.8 Å². The fourth-order valence-electron chi connectivity index (χ4n) is 3.46. The first kappa shape index (κ1) is 24.8. The van der Waals surface area contributed by atoms with Gasteiger partial charge in [-0.05, 0) is 25.5 Å². The highest BCUT2D eigenvalue weighted by Crippen LogP contribution is 2.21. The minimum Gasteiger partial charge on any atom is -0.461 e. The second-order valence-corrected chi connectivity index (χ2v) is 7.45. The summed E-state index contributed by atoms with van der Waals surface area (Å²) in [5.41, 5.74) is 0.554. The first-order valence-corrected chi connectivity index (χ1v) is 10.3. The van der Waals surface area contributed by atoms with Crippen molar-refractivity contribution in [1.82, 2.24) is 9.80 Å². The van der Waals surface area contributed by atoms with Crippen molar-refractivity contribution in [2.75, 3.05) is 32.9 Å². The van der Waals surface area contributed by atoms with Crippen LogP contribution in [0.4, 0.5) is 0 Å². The van der Waals surface area contributed by atoms with E-state index in [4.69, 9.17) is 9.47 Å². The van der Waals surface area contributed by atoms with Gasteiger partial charge in [-0.1, -0.05) is 18.2 Å². The van der Waals surface area contributed by atoms with E-state index in [2.05, 4.69) is 4.74 Å². The van der Waals surface area contributed by atoms with Crippen LogP contribution in [0.3, 0.4) is 0 Å². The van der Waals surface area contributed by atoms with E-state index in [1.54, 1.807) is 36.1 Å². The molecule has 1 aliphatic heterocycles. The number of benzene rings is 1. The van der Waals surface area contributed by atoms with E-state index in [9.17, 15) is 24.0 Å². The number of rotatable bonds is 9. The lowest BCUT2D eigenvalue weighted by Crippen LogP contribution is -2.51. The van der Waals surface area contributed by atoms with Crippen LogP contribution in [0.25, 0.3) is 0 Å². The molecule has 0 bridgehead atoms. The summed E-state index contributed by atoms with van der Waals surface area (Å²) in [6.07, 6.45) is 0.524. The Morgan fingerprint density at radius 3 is 2.25 bits per heavy atom. The third kappa shape index (κ3) is 7.36. The van der Waals surface area contributed by atoms with Gasteiger partial charge >= 0.3 is 17.9 Å². The van der Waals surface area contributed by atoms with Crippen LogP contribution >= 0.6 is 0 Å². The molecule has 1 fully saturated rings. The molecule has 0 N–H and O–H groups in total. The van der Waals surface area contributed by atoms with E-state index in [1.165, 1.54) is 18.7 Å². The third-order valence-corrected chi connectivity index (χ3v) is 4.91. The second kappa shape index (κ2) is 11.8. The number of carbonyl (C=O) groups excluding carboxylic acids is 5. The second-order valence-electron chi connectivity index (χ2n) is 7.45. The van der Waals surface area contributed by atoms with Crippen LogP contribution in [0.5, 0.6) is 0 Å². The van der Waals surface area contributed by atoms with Crippen molar-refractivity contribution in [2.45, 2.75) is 39.3 Å². The largest absolute Gasteiger partial charge is 0.461 e. The Labute approximate surface area is 186 Å². The Hall–Kier alpha value is -3.43. The Morgan fingerprint density at radius 2 is 1.62 bits per heavy atom. The molecule has 1 saturated heterocycles. The predicted molar refractivity (Wildman–Crippen MR) is 111 cm³/mol. The molecule has 2 atom stereocenters. The highest BCUT2D eigenvalue weighted by atomic mass is 16.6. The number of carbonyl (C=O) groups is 5. The lowest BCUT2D eigenvalue weighted by Gasteiger charge is -2.34. The number of amides is 2. The van der Waals surface area contributed by atoms with Crippen molar-refractivity contribution >= 4 is 29.7 Å². The number of nitrogens with zero attached hydrogens (tertiary/aromatic N) is 2. The molecule has 1 aliphatic rings. The smallest absolute Gasteiger partial charge is 0.344 e. The Bertz CT molecular complexity index is 842. The fraction of sp³-hybridized carbons (Fsp3) is 0.500. The van der Waals surface area contributed by atoms with E-state index in [0.717, 1.165) is 0 Å². The van der Waals surface area contributed by atoms with Gasteiger partial charge in [0.1, 0.15) is 6.61 Å². The van der Waals surface area contributed by atoms with Gasteiger partial charge < -0.3 is 24.0 Å². The van der Waals surface area contributed by atoms with Crippen LogP contribution < -0.4 is 0 Å². The van der Waals surface area contributed by atoms with E-state index in [1.807, 2.05) is 6.07 Å². The van der Waals surface area contributed by atoms with E-state index < -0.39 is 43.1 Å². The Kier molecular flexibility index (Phi) is 9.18. The SMILES string of the molecule is CC(=O)OCC(=O)OC[C@H](C)N(C(=O)COC(C)=O)[C@@H]1CCN(C(=O)c2ccccc2)C1. The normalized spacial score (nSPS) is 16.1. The lowest BCUT2D eigenvalue weighted by atomic mass is 10.1. The van der Waals surface area contributed by atoms with E-state index in [0.29, 0.717) is 25.1 Å². The maximum Gasteiger partial charge on any atom is 0.344 e. The lowest BCUT2D eigenvalue weighted by molar-refractivity contribution is -0.160. The van der Waals surface area contributed by atoms with Crippen molar-refractivity contribution in [2.24, 2.45) is 0 Å². The molecule has 174 valence electrons. The third-order valence-electron chi connectivity index (χ3n) is 4.91. The number of hydrogen-bond acceptors (Lipinski definition) is 8. The summed E-state index contributed by atoms with van der Waals surface area (Å²) in [6, 6.07) is 7.94. The molecule has 0 spiro atoms. The molecular formula is C22H28N2O8. The van der Waals surface area contributed by atoms with Crippen LogP contribution in [0.1, 0.15) is 37.6 Å². The molecule has 0 aliphatic carbocycles. The average Bonchev–Trinajstić information content (AvgIpc) is 3.24. The molecule has 2 rings (SSSR count). The van der Waals surface area contributed by atoms with Gasteiger partial charge in [-0.25, -0.2) is 4.79 Å². The quantitative estimate of drug-likeness (QED) is 0.402. The molecule has 32 heavy (non-hydrogen) atoms. The number of likely N-dealkylation sites (tertiary alicyclic amines) is 1. The maximum absolute atomic E-state index is 12.8. The van der Waals surface area contributed by atoms with Crippen LogP contribution in [0.2, 0.25) is 0 Å². The van der Waals surface area contributed by atoms with Gasteiger partial charge in [0.15, 0.2) is 13.2 Å². The minimum atomic E-state index is -0.744. The van der Waals surface area contributed by atoms with Crippen LogP contribution in [-0.2, 0) is 33.4 Å². The van der Waals surface area contributed by atoms with E-state index >= 15 is 0 Å². The summed E-state index contributed by atoms with van der Waals surface area (Å²) in [7, 11) is 0. The average molecular weight is 448 g/mol. The zero-order valence-electron chi connectivity index (χ0n) is 18.4. The molecule has 10 nitrogen and oxygen atoms in total. The first-order valence-electron chi connectivity index (χ1n) is 10.3. The van der Waals surface area contributed by atoms with Gasteiger partial charge in [0.2, 0.25) is 0 Å². The zero-order chi connectivity index (χ0) is 23.7. The molecule has 0 radical (unpaired) electrons.